The molecule has 5 heteroatoms. The Bertz CT molecular complexity index is 327. The smallest absolute Gasteiger partial charge is 0.338 e. The van der Waals surface area contributed by atoms with E-state index in [0.717, 1.165) is 6.08 Å². The van der Waals surface area contributed by atoms with Gasteiger partial charge in [-0.1, -0.05) is 0 Å². The van der Waals surface area contributed by atoms with Crippen molar-refractivity contribution in [3.63, 3.8) is 0 Å². The van der Waals surface area contributed by atoms with E-state index in [4.69, 9.17) is 4.74 Å². The predicted octanol–water partition coefficient (Wildman–Crippen LogP) is 0.563. The highest BCUT2D eigenvalue weighted by Gasteiger charge is 2.20. The van der Waals surface area contributed by atoms with Gasteiger partial charge in [0.1, 0.15) is 0 Å². The fraction of sp³-hybridized carbons (Fsp3) is 0.400. The fourth-order valence-electron chi connectivity index (χ4n) is 1.15. The zero-order valence-electron chi connectivity index (χ0n) is 8.61. The maximum atomic E-state index is 11.4. The topological polar surface area (TPSA) is 61.8 Å². The standard InChI is InChI=1S/C10H12O5/c1-13-9(11)5-8(10(12)14-2)7-3-4-15-6-7/h5-6H,3-4H2,1-2H3/b8-5+. The zero-order chi connectivity index (χ0) is 11.3. The number of carbonyl (C=O) groups is 2. The molecular weight excluding hydrogens is 200 g/mol. The zero-order valence-corrected chi connectivity index (χ0v) is 8.61. The number of rotatable bonds is 3. The molecular formula is C10H12O5. The average molecular weight is 212 g/mol. The first-order valence-corrected chi connectivity index (χ1v) is 4.38. The van der Waals surface area contributed by atoms with Gasteiger partial charge in [-0.25, -0.2) is 9.59 Å². The van der Waals surface area contributed by atoms with Crippen LogP contribution in [0.4, 0.5) is 0 Å². The molecule has 82 valence electrons. The molecule has 15 heavy (non-hydrogen) atoms. The Hall–Kier alpha value is -1.78. The van der Waals surface area contributed by atoms with Gasteiger partial charge in [0, 0.05) is 18.1 Å². The van der Waals surface area contributed by atoms with Crippen LogP contribution < -0.4 is 0 Å². The lowest BCUT2D eigenvalue weighted by Crippen LogP contribution is -2.10. The fourth-order valence-corrected chi connectivity index (χ4v) is 1.15. The molecule has 0 radical (unpaired) electrons. The van der Waals surface area contributed by atoms with Crippen LogP contribution in [0.1, 0.15) is 6.42 Å². The van der Waals surface area contributed by atoms with Crippen molar-refractivity contribution in [2.45, 2.75) is 6.42 Å². The summed E-state index contributed by atoms with van der Waals surface area (Å²) < 4.78 is 14.0. The molecule has 1 aliphatic heterocycles. The quantitative estimate of drug-likeness (QED) is 0.505. The van der Waals surface area contributed by atoms with Gasteiger partial charge in [-0.05, 0) is 0 Å². The number of ether oxygens (including phenoxy) is 3. The summed E-state index contributed by atoms with van der Waals surface area (Å²) in [5.41, 5.74) is 0.828. The van der Waals surface area contributed by atoms with Crippen LogP contribution >= 0.6 is 0 Å². The molecule has 0 saturated carbocycles. The molecule has 1 heterocycles. The van der Waals surface area contributed by atoms with Crippen LogP contribution in [0.5, 0.6) is 0 Å². The Morgan fingerprint density at radius 1 is 1.40 bits per heavy atom. The highest BCUT2D eigenvalue weighted by Crippen LogP contribution is 2.20. The van der Waals surface area contributed by atoms with Gasteiger partial charge in [0.05, 0.1) is 32.7 Å². The van der Waals surface area contributed by atoms with E-state index in [1.807, 2.05) is 0 Å². The predicted molar refractivity (Wildman–Crippen MR) is 50.8 cm³/mol. The summed E-state index contributed by atoms with van der Waals surface area (Å²) in [5.74, 6) is -1.17. The second-order valence-corrected chi connectivity index (χ2v) is 2.84. The normalized spacial score (nSPS) is 15.3. The van der Waals surface area contributed by atoms with Crippen molar-refractivity contribution in [3.8, 4) is 0 Å². The molecule has 0 spiro atoms. The van der Waals surface area contributed by atoms with E-state index in [1.54, 1.807) is 0 Å². The Labute approximate surface area is 87.3 Å². The van der Waals surface area contributed by atoms with E-state index >= 15 is 0 Å². The van der Waals surface area contributed by atoms with Crippen molar-refractivity contribution >= 4 is 11.9 Å². The summed E-state index contributed by atoms with van der Waals surface area (Å²) in [7, 11) is 2.50. The van der Waals surface area contributed by atoms with Gasteiger partial charge in [-0.15, -0.1) is 0 Å². The van der Waals surface area contributed by atoms with E-state index in [-0.39, 0.29) is 5.57 Å². The average Bonchev–Trinajstić information content (AvgIpc) is 2.77. The van der Waals surface area contributed by atoms with Gasteiger partial charge >= 0.3 is 11.9 Å². The van der Waals surface area contributed by atoms with E-state index in [1.165, 1.54) is 20.5 Å². The maximum Gasteiger partial charge on any atom is 0.338 e. The van der Waals surface area contributed by atoms with Crippen molar-refractivity contribution in [2.75, 3.05) is 20.8 Å². The molecule has 0 aliphatic carbocycles. The third kappa shape index (κ3) is 2.83. The molecule has 0 aromatic rings. The van der Waals surface area contributed by atoms with Crippen LogP contribution in [0.15, 0.2) is 23.5 Å². The summed E-state index contributed by atoms with van der Waals surface area (Å²) >= 11 is 0. The summed E-state index contributed by atoms with van der Waals surface area (Å²) in [5, 5.41) is 0. The monoisotopic (exact) mass is 212 g/mol. The molecule has 0 aromatic carbocycles. The first-order chi connectivity index (χ1) is 7.19. The Kier molecular flexibility index (Phi) is 3.91. The molecule has 0 unspecified atom stereocenters. The van der Waals surface area contributed by atoms with Crippen LogP contribution in [0.25, 0.3) is 0 Å². The maximum absolute atomic E-state index is 11.4. The summed E-state index contributed by atoms with van der Waals surface area (Å²) in [6, 6.07) is 0. The SMILES string of the molecule is COC(=O)/C=C(/C(=O)OC)C1=COCC1. The summed E-state index contributed by atoms with van der Waals surface area (Å²) in [6.07, 6.45) is 3.13. The molecule has 0 atom stereocenters. The van der Waals surface area contributed by atoms with E-state index in [9.17, 15) is 9.59 Å². The first kappa shape index (κ1) is 11.3. The number of methoxy groups -OCH3 is 2. The van der Waals surface area contributed by atoms with Crippen LogP contribution in [-0.4, -0.2) is 32.8 Å². The number of esters is 2. The third-order valence-corrected chi connectivity index (χ3v) is 1.93. The Morgan fingerprint density at radius 3 is 2.60 bits per heavy atom. The molecule has 0 N–H and O–H groups in total. The van der Waals surface area contributed by atoms with Crippen molar-refractivity contribution < 1.29 is 23.8 Å². The minimum Gasteiger partial charge on any atom is -0.501 e. The molecule has 0 amide bonds. The van der Waals surface area contributed by atoms with Gasteiger partial charge < -0.3 is 14.2 Å². The molecule has 0 aromatic heterocycles. The third-order valence-electron chi connectivity index (χ3n) is 1.93. The van der Waals surface area contributed by atoms with Crippen LogP contribution in [0.2, 0.25) is 0 Å². The Balaban J connectivity index is 2.91. The minimum absolute atomic E-state index is 0.182. The molecule has 5 nitrogen and oxygen atoms in total. The van der Waals surface area contributed by atoms with Crippen LogP contribution in [0, 0.1) is 0 Å². The molecule has 0 saturated heterocycles. The van der Waals surface area contributed by atoms with E-state index < -0.39 is 11.9 Å². The molecule has 0 bridgehead atoms. The lowest BCUT2D eigenvalue weighted by atomic mass is 10.1. The van der Waals surface area contributed by atoms with Crippen molar-refractivity contribution in [1.29, 1.82) is 0 Å². The second kappa shape index (κ2) is 5.19. The largest absolute Gasteiger partial charge is 0.501 e. The highest BCUT2D eigenvalue weighted by atomic mass is 16.5. The highest BCUT2D eigenvalue weighted by molar-refractivity contribution is 6.00. The van der Waals surface area contributed by atoms with Gasteiger partial charge in [-0.2, -0.15) is 0 Å². The number of hydrogen-bond acceptors (Lipinski definition) is 5. The van der Waals surface area contributed by atoms with E-state index in [0.29, 0.717) is 18.6 Å². The van der Waals surface area contributed by atoms with Gasteiger partial charge in [0.15, 0.2) is 0 Å². The number of carbonyl (C=O) groups excluding carboxylic acids is 2. The lowest BCUT2D eigenvalue weighted by molar-refractivity contribution is -0.138. The van der Waals surface area contributed by atoms with E-state index in [2.05, 4.69) is 9.47 Å². The van der Waals surface area contributed by atoms with Crippen molar-refractivity contribution in [2.24, 2.45) is 0 Å². The summed E-state index contributed by atoms with van der Waals surface area (Å²) in [6.45, 7) is 0.505. The second-order valence-electron chi connectivity index (χ2n) is 2.84. The first-order valence-electron chi connectivity index (χ1n) is 4.38. The van der Waals surface area contributed by atoms with Gasteiger partial charge in [0.2, 0.25) is 0 Å². The summed E-state index contributed by atoms with van der Waals surface area (Å²) in [4.78, 5) is 22.4. The van der Waals surface area contributed by atoms with Crippen molar-refractivity contribution in [1.82, 2.24) is 0 Å². The number of hydrogen-bond donors (Lipinski definition) is 0. The molecule has 0 fully saturated rings. The lowest BCUT2D eigenvalue weighted by Gasteiger charge is -2.03. The molecule has 1 rings (SSSR count). The molecule has 1 aliphatic rings. The van der Waals surface area contributed by atoms with Crippen LogP contribution in [0.3, 0.4) is 0 Å². The van der Waals surface area contributed by atoms with Gasteiger partial charge in [0.25, 0.3) is 0 Å². The van der Waals surface area contributed by atoms with Crippen molar-refractivity contribution in [3.05, 3.63) is 23.5 Å². The van der Waals surface area contributed by atoms with Gasteiger partial charge in [-0.3, -0.25) is 0 Å². The Morgan fingerprint density at radius 2 is 2.13 bits per heavy atom. The minimum atomic E-state index is -0.594. The van der Waals surface area contributed by atoms with Crippen LogP contribution in [-0.2, 0) is 23.8 Å².